The summed E-state index contributed by atoms with van der Waals surface area (Å²) in [7, 11) is 5.68. The maximum absolute atomic E-state index is 13.9. The molecule has 4 nitrogen and oxygen atoms in total. The highest BCUT2D eigenvalue weighted by Gasteiger charge is 2.11. The Balaban J connectivity index is 3.00. The van der Waals surface area contributed by atoms with Gasteiger partial charge in [-0.1, -0.05) is 12.1 Å². The van der Waals surface area contributed by atoms with E-state index in [2.05, 4.69) is 0 Å². The zero-order valence-electron chi connectivity index (χ0n) is 11.4. The molecule has 0 spiro atoms. The number of carboxylic acids is 1. The number of hydrogen-bond acceptors (Lipinski definition) is 3. The molecule has 0 aromatic heterocycles. The molecule has 1 aromatic rings. The first-order valence-corrected chi connectivity index (χ1v) is 5.97. The predicted molar refractivity (Wildman–Crippen MR) is 74.9 cm³/mol. The molecule has 0 saturated heterocycles. The summed E-state index contributed by atoms with van der Waals surface area (Å²) in [6.45, 7) is 1.44. The number of para-hydroxylation sites is 1. The van der Waals surface area contributed by atoms with Crippen LogP contribution in [0.15, 0.2) is 24.3 Å². The molecule has 104 valence electrons. The van der Waals surface area contributed by atoms with Gasteiger partial charge in [0.25, 0.3) is 0 Å². The topological polar surface area (TPSA) is 43.8 Å². The minimum Gasteiger partial charge on any atom is -0.478 e. The minimum absolute atomic E-state index is 0.353. The molecule has 1 N–H and O–H groups in total. The lowest BCUT2D eigenvalue weighted by Crippen LogP contribution is -2.29. The molecule has 0 aliphatic rings. The number of carbonyl (C=O) groups is 1. The fourth-order valence-corrected chi connectivity index (χ4v) is 1.69. The minimum atomic E-state index is -1.05. The Labute approximate surface area is 112 Å². The molecule has 0 unspecified atom stereocenters. The first-order valence-electron chi connectivity index (χ1n) is 5.97. The van der Waals surface area contributed by atoms with Crippen molar-refractivity contribution in [2.75, 3.05) is 39.1 Å². The largest absolute Gasteiger partial charge is 0.478 e. The third-order valence-corrected chi connectivity index (χ3v) is 2.69. The van der Waals surface area contributed by atoms with Gasteiger partial charge in [-0.15, -0.1) is 0 Å². The Hall–Kier alpha value is -1.88. The summed E-state index contributed by atoms with van der Waals surface area (Å²) in [6, 6.07) is 4.64. The maximum atomic E-state index is 13.9. The van der Waals surface area contributed by atoms with Crippen molar-refractivity contribution in [2.45, 2.75) is 0 Å². The Kier molecular flexibility index (Phi) is 5.51. The van der Waals surface area contributed by atoms with E-state index >= 15 is 0 Å². The van der Waals surface area contributed by atoms with Gasteiger partial charge in [-0.3, -0.25) is 0 Å². The van der Waals surface area contributed by atoms with E-state index < -0.39 is 5.97 Å². The van der Waals surface area contributed by atoms with Crippen molar-refractivity contribution < 1.29 is 14.3 Å². The monoisotopic (exact) mass is 266 g/mol. The number of hydrogen-bond donors (Lipinski definition) is 1. The third kappa shape index (κ3) is 4.71. The first kappa shape index (κ1) is 15.2. The molecular weight excluding hydrogens is 247 g/mol. The fraction of sp³-hybridized carbons (Fsp3) is 0.357. The van der Waals surface area contributed by atoms with Crippen molar-refractivity contribution in [1.29, 1.82) is 0 Å². The van der Waals surface area contributed by atoms with E-state index in [4.69, 9.17) is 5.11 Å². The van der Waals surface area contributed by atoms with Crippen molar-refractivity contribution in [1.82, 2.24) is 4.90 Å². The fourth-order valence-electron chi connectivity index (χ4n) is 1.69. The van der Waals surface area contributed by atoms with Crippen LogP contribution in [0.1, 0.15) is 5.56 Å². The Morgan fingerprint density at radius 2 is 2.00 bits per heavy atom. The lowest BCUT2D eigenvalue weighted by Gasteiger charge is -2.23. The van der Waals surface area contributed by atoms with Gasteiger partial charge in [0.05, 0.1) is 5.69 Å². The molecule has 1 aromatic carbocycles. The molecule has 0 bridgehead atoms. The number of nitrogens with zero attached hydrogens (tertiary/aromatic N) is 2. The van der Waals surface area contributed by atoms with E-state index in [-0.39, 0.29) is 5.82 Å². The Bertz CT molecular complexity index is 473. The number of rotatable bonds is 6. The van der Waals surface area contributed by atoms with Crippen molar-refractivity contribution in [3.05, 3.63) is 35.7 Å². The van der Waals surface area contributed by atoms with Crippen molar-refractivity contribution in [3.63, 3.8) is 0 Å². The van der Waals surface area contributed by atoms with E-state index in [0.717, 1.165) is 12.6 Å². The van der Waals surface area contributed by atoms with Gasteiger partial charge in [-0.2, -0.15) is 0 Å². The molecule has 0 atom stereocenters. The zero-order chi connectivity index (χ0) is 14.4. The van der Waals surface area contributed by atoms with E-state index in [9.17, 15) is 9.18 Å². The lowest BCUT2D eigenvalue weighted by atomic mass is 10.1. The van der Waals surface area contributed by atoms with Crippen LogP contribution in [0.3, 0.4) is 0 Å². The van der Waals surface area contributed by atoms with Crippen LogP contribution >= 0.6 is 0 Å². The van der Waals surface area contributed by atoms with Crippen LogP contribution in [0, 0.1) is 5.82 Å². The van der Waals surface area contributed by atoms with Gasteiger partial charge < -0.3 is 14.9 Å². The van der Waals surface area contributed by atoms with Gasteiger partial charge >= 0.3 is 5.97 Å². The van der Waals surface area contributed by atoms with Crippen LogP contribution in [0.4, 0.5) is 10.1 Å². The maximum Gasteiger partial charge on any atom is 0.328 e. The number of aliphatic carboxylic acids is 1. The van der Waals surface area contributed by atoms with Crippen LogP contribution in [-0.2, 0) is 4.79 Å². The summed E-state index contributed by atoms with van der Waals surface area (Å²) in [5.41, 5.74) is 0.977. The molecule has 0 saturated carbocycles. The molecule has 0 aliphatic heterocycles. The summed E-state index contributed by atoms with van der Waals surface area (Å²) in [4.78, 5) is 14.3. The van der Waals surface area contributed by atoms with E-state index in [1.165, 1.54) is 12.1 Å². The zero-order valence-corrected chi connectivity index (χ0v) is 11.4. The highest BCUT2D eigenvalue weighted by Crippen LogP contribution is 2.24. The summed E-state index contributed by atoms with van der Waals surface area (Å²) >= 11 is 0. The number of benzene rings is 1. The van der Waals surface area contributed by atoms with Gasteiger partial charge in [0.2, 0.25) is 0 Å². The molecule has 0 aliphatic carbocycles. The van der Waals surface area contributed by atoms with Gasteiger partial charge in [-0.25, -0.2) is 9.18 Å². The average molecular weight is 266 g/mol. The van der Waals surface area contributed by atoms with Gasteiger partial charge in [0.15, 0.2) is 0 Å². The highest BCUT2D eigenvalue weighted by atomic mass is 19.1. The smallest absolute Gasteiger partial charge is 0.328 e. The number of anilines is 1. The summed E-state index contributed by atoms with van der Waals surface area (Å²) < 4.78 is 13.9. The quantitative estimate of drug-likeness (QED) is 0.799. The second kappa shape index (κ2) is 6.89. The van der Waals surface area contributed by atoms with Crippen molar-refractivity contribution >= 4 is 17.7 Å². The average Bonchev–Trinajstić information content (AvgIpc) is 2.33. The van der Waals surface area contributed by atoms with Crippen LogP contribution in [0.2, 0.25) is 0 Å². The van der Waals surface area contributed by atoms with Gasteiger partial charge in [0.1, 0.15) is 5.82 Å². The van der Waals surface area contributed by atoms with Crippen molar-refractivity contribution in [3.8, 4) is 0 Å². The second-order valence-electron chi connectivity index (χ2n) is 4.57. The second-order valence-corrected chi connectivity index (χ2v) is 4.57. The van der Waals surface area contributed by atoms with Crippen LogP contribution in [0.5, 0.6) is 0 Å². The number of halogens is 1. The summed E-state index contributed by atoms with van der Waals surface area (Å²) in [6.07, 6.45) is 2.42. The van der Waals surface area contributed by atoms with Crippen LogP contribution in [0.25, 0.3) is 6.08 Å². The normalized spacial score (nSPS) is 11.2. The number of carboxylic acid groups (broad SMARTS) is 1. The Morgan fingerprint density at radius 3 is 2.58 bits per heavy atom. The van der Waals surface area contributed by atoms with Crippen LogP contribution in [-0.4, -0.2) is 50.2 Å². The predicted octanol–water partition coefficient (Wildman–Crippen LogP) is 1.92. The molecule has 0 radical (unpaired) electrons. The molecule has 19 heavy (non-hydrogen) atoms. The van der Waals surface area contributed by atoms with E-state index in [1.54, 1.807) is 24.1 Å². The third-order valence-electron chi connectivity index (χ3n) is 2.69. The molecule has 0 amide bonds. The van der Waals surface area contributed by atoms with E-state index in [0.29, 0.717) is 17.8 Å². The molecule has 5 heteroatoms. The highest BCUT2D eigenvalue weighted by molar-refractivity contribution is 5.87. The number of likely N-dealkylation sites (N-methyl/N-ethyl adjacent to an activating group) is 2. The molecule has 0 heterocycles. The summed E-state index contributed by atoms with van der Waals surface area (Å²) in [5, 5.41) is 8.65. The van der Waals surface area contributed by atoms with Gasteiger partial charge in [0, 0.05) is 31.8 Å². The van der Waals surface area contributed by atoms with Crippen LogP contribution < -0.4 is 4.90 Å². The molecule has 0 fully saturated rings. The Morgan fingerprint density at radius 1 is 1.32 bits per heavy atom. The van der Waals surface area contributed by atoms with Gasteiger partial charge in [-0.05, 0) is 26.2 Å². The first-order chi connectivity index (χ1) is 8.91. The lowest BCUT2D eigenvalue weighted by molar-refractivity contribution is -0.131. The van der Waals surface area contributed by atoms with Crippen molar-refractivity contribution in [2.24, 2.45) is 0 Å². The standard InChI is InChI=1S/C14H19FN2O2/c1-16(2)9-10-17(3)14-11(7-8-13(18)19)5-4-6-12(14)15/h4-8H,9-10H2,1-3H3,(H,18,19)/b8-7+. The molecule has 1 rings (SSSR count). The molecular formula is C14H19FN2O2. The van der Waals surface area contributed by atoms with E-state index in [1.807, 2.05) is 19.0 Å². The SMILES string of the molecule is CN(C)CCN(C)c1c(F)cccc1/C=C/C(=O)O. The summed E-state index contributed by atoms with van der Waals surface area (Å²) in [5.74, 6) is -1.40.